The van der Waals surface area contributed by atoms with Gasteiger partial charge in [-0.05, 0) is 6.07 Å². The first-order valence-electron chi connectivity index (χ1n) is 2.93. The Kier molecular flexibility index (Phi) is 1.44. The predicted molar refractivity (Wildman–Crippen MR) is 46.8 cm³/mol. The number of nitrogens with zero attached hydrogens (tertiary/aromatic N) is 2. The van der Waals surface area contributed by atoms with Crippen molar-refractivity contribution in [3.05, 3.63) is 16.7 Å². The van der Waals surface area contributed by atoms with Gasteiger partial charge in [0.15, 0.2) is 10.1 Å². The normalized spacial score (nSPS) is 10.6. The molecular weight excluding hydrogens is 182 g/mol. The second kappa shape index (κ2) is 2.32. The Morgan fingerprint density at radius 1 is 1.55 bits per heavy atom. The van der Waals surface area contributed by atoms with Crippen LogP contribution in [0.4, 0.5) is 5.69 Å². The summed E-state index contributed by atoms with van der Waals surface area (Å²) in [5.41, 5.74) is 6.80. The number of nitrogens with two attached hydrogens (primary N) is 1. The van der Waals surface area contributed by atoms with E-state index < -0.39 is 0 Å². The third-order valence-electron chi connectivity index (χ3n) is 1.24. The SMILES string of the molecule is Nc1cnc2nc(Cl)sc2c1. The minimum absolute atomic E-state index is 0.498. The summed E-state index contributed by atoms with van der Waals surface area (Å²) in [6.45, 7) is 0. The fraction of sp³-hybridized carbons (Fsp3) is 0. The molecule has 0 saturated heterocycles. The van der Waals surface area contributed by atoms with Crippen LogP contribution >= 0.6 is 22.9 Å². The number of pyridine rings is 1. The Balaban J connectivity index is 2.82. The lowest BCUT2D eigenvalue weighted by Crippen LogP contribution is -1.84. The zero-order valence-corrected chi connectivity index (χ0v) is 6.99. The van der Waals surface area contributed by atoms with E-state index in [2.05, 4.69) is 9.97 Å². The molecule has 0 aromatic carbocycles. The maximum atomic E-state index is 5.66. The average Bonchev–Trinajstić information content (AvgIpc) is 2.27. The molecule has 0 saturated carbocycles. The summed E-state index contributed by atoms with van der Waals surface area (Å²) >= 11 is 7.04. The molecule has 56 valence electrons. The van der Waals surface area contributed by atoms with Crippen molar-refractivity contribution in [3.8, 4) is 0 Å². The molecule has 0 spiro atoms. The van der Waals surface area contributed by atoms with E-state index in [1.165, 1.54) is 11.3 Å². The van der Waals surface area contributed by atoms with Gasteiger partial charge in [0.25, 0.3) is 0 Å². The molecule has 0 amide bonds. The van der Waals surface area contributed by atoms with Crippen LogP contribution in [0.5, 0.6) is 0 Å². The van der Waals surface area contributed by atoms with E-state index in [0.717, 1.165) is 4.70 Å². The molecule has 2 rings (SSSR count). The van der Waals surface area contributed by atoms with Crippen LogP contribution in [-0.2, 0) is 0 Å². The lowest BCUT2D eigenvalue weighted by Gasteiger charge is -1.88. The number of fused-ring (bicyclic) bond motifs is 1. The Labute approximate surface area is 71.8 Å². The van der Waals surface area contributed by atoms with E-state index in [-0.39, 0.29) is 0 Å². The minimum atomic E-state index is 0.498. The van der Waals surface area contributed by atoms with Crippen LogP contribution in [0.15, 0.2) is 12.3 Å². The Bertz CT molecular complexity index is 398. The molecule has 11 heavy (non-hydrogen) atoms. The van der Waals surface area contributed by atoms with Gasteiger partial charge in [0.05, 0.1) is 16.6 Å². The maximum Gasteiger partial charge on any atom is 0.186 e. The van der Waals surface area contributed by atoms with Gasteiger partial charge in [-0.3, -0.25) is 0 Å². The van der Waals surface area contributed by atoms with Crippen molar-refractivity contribution in [2.75, 3.05) is 5.73 Å². The number of hydrogen-bond donors (Lipinski definition) is 1. The summed E-state index contributed by atoms with van der Waals surface area (Å²) in [6, 6.07) is 1.81. The van der Waals surface area contributed by atoms with Gasteiger partial charge in [-0.15, -0.1) is 11.3 Å². The zero-order valence-electron chi connectivity index (χ0n) is 5.41. The zero-order chi connectivity index (χ0) is 7.84. The predicted octanol–water partition coefficient (Wildman–Crippen LogP) is 1.93. The monoisotopic (exact) mass is 185 g/mol. The van der Waals surface area contributed by atoms with Gasteiger partial charge in [0.2, 0.25) is 0 Å². The van der Waals surface area contributed by atoms with Crippen molar-refractivity contribution >= 4 is 39.0 Å². The summed E-state index contributed by atoms with van der Waals surface area (Å²) in [5.74, 6) is 0. The molecule has 2 heterocycles. The molecule has 0 aliphatic heterocycles. The largest absolute Gasteiger partial charge is 0.397 e. The third-order valence-corrected chi connectivity index (χ3v) is 2.34. The Morgan fingerprint density at radius 2 is 2.36 bits per heavy atom. The van der Waals surface area contributed by atoms with Crippen molar-refractivity contribution in [1.29, 1.82) is 0 Å². The molecule has 2 N–H and O–H groups in total. The average molecular weight is 186 g/mol. The number of anilines is 1. The van der Waals surface area contributed by atoms with E-state index in [1.807, 2.05) is 6.07 Å². The van der Waals surface area contributed by atoms with Crippen LogP contribution in [0.1, 0.15) is 0 Å². The standard InChI is InChI=1S/C6H4ClN3S/c7-6-10-5-4(11-6)1-3(8)2-9-5/h1-2H,8H2. The number of rotatable bonds is 0. The molecule has 0 radical (unpaired) electrons. The molecule has 2 aromatic rings. The highest BCUT2D eigenvalue weighted by molar-refractivity contribution is 7.22. The van der Waals surface area contributed by atoms with E-state index in [1.54, 1.807) is 6.20 Å². The highest BCUT2D eigenvalue weighted by Crippen LogP contribution is 2.24. The lowest BCUT2D eigenvalue weighted by atomic mass is 10.4. The van der Waals surface area contributed by atoms with E-state index in [9.17, 15) is 0 Å². The van der Waals surface area contributed by atoms with Crippen LogP contribution in [-0.4, -0.2) is 9.97 Å². The first kappa shape index (κ1) is 6.82. The number of nitrogen functional groups attached to an aromatic ring is 1. The summed E-state index contributed by atoms with van der Waals surface area (Å²) in [5, 5.41) is 0. The lowest BCUT2D eigenvalue weighted by molar-refractivity contribution is 1.33. The molecule has 2 aromatic heterocycles. The van der Waals surface area contributed by atoms with Gasteiger partial charge >= 0.3 is 0 Å². The third kappa shape index (κ3) is 1.15. The van der Waals surface area contributed by atoms with Crippen molar-refractivity contribution in [2.45, 2.75) is 0 Å². The second-order valence-corrected chi connectivity index (χ2v) is 3.67. The maximum absolute atomic E-state index is 5.66. The van der Waals surface area contributed by atoms with Gasteiger partial charge in [0, 0.05) is 0 Å². The number of hydrogen-bond acceptors (Lipinski definition) is 4. The van der Waals surface area contributed by atoms with Crippen LogP contribution in [0, 0.1) is 0 Å². The van der Waals surface area contributed by atoms with E-state index >= 15 is 0 Å². The minimum Gasteiger partial charge on any atom is -0.397 e. The second-order valence-electron chi connectivity index (χ2n) is 2.06. The van der Waals surface area contributed by atoms with Crippen molar-refractivity contribution < 1.29 is 0 Å². The number of aromatic nitrogens is 2. The van der Waals surface area contributed by atoms with Gasteiger partial charge < -0.3 is 5.73 Å². The van der Waals surface area contributed by atoms with Crippen LogP contribution < -0.4 is 5.73 Å². The van der Waals surface area contributed by atoms with E-state index in [0.29, 0.717) is 15.8 Å². The topological polar surface area (TPSA) is 51.8 Å². The van der Waals surface area contributed by atoms with Crippen molar-refractivity contribution in [1.82, 2.24) is 9.97 Å². The first-order chi connectivity index (χ1) is 5.25. The highest BCUT2D eigenvalue weighted by atomic mass is 35.5. The summed E-state index contributed by atoms with van der Waals surface area (Å²) in [7, 11) is 0. The summed E-state index contributed by atoms with van der Waals surface area (Å²) in [4.78, 5) is 7.96. The summed E-state index contributed by atoms with van der Waals surface area (Å²) < 4.78 is 1.42. The Hall–Kier alpha value is -0.870. The molecule has 0 unspecified atom stereocenters. The molecule has 0 aliphatic carbocycles. The summed E-state index contributed by atoms with van der Waals surface area (Å²) in [6.07, 6.45) is 1.57. The first-order valence-corrected chi connectivity index (χ1v) is 4.13. The smallest absolute Gasteiger partial charge is 0.186 e. The highest BCUT2D eigenvalue weighted by Gasteiger charge is 2.01. The van der Waals surface area contributed by atoms with E-state index in [4.69, 9.17) is 17.3 Å². The van der Waals surface area contributed by atoms with Crippen LogP contribution in [0.2, 0.25) is 4.47 Å². The van der Waals surface area contributed by atoms with Gasteiger partial charge in [-0.2, -0.15) is 0 Å². The molecular formula is C6H4ClN3S. The molecule has 0 aliphatic rings. The quantitative estimate of drug-likeness (QED) is 0.683. The van der Waals surface area contributed by atoms with Gasteiger partial charge in [-0.1, -0.05) is 11.6 Å². The van der Waals surface area contributed by atoms with Crippen molar-refractivity contribution in [3.63, 3.8) is 0 Å². The van der Waals surface area contributed by atoms with Crippen LogP contribution in [0.25, 0.3) is 10.3 Å². The number of halogens is 1. The van der Waals surface area contributed by atoms with Gasteiger partial charge in [-0.25, -0.2) is 9.97 Å². The molecule has 0 fully saturated rings. The molecule has 0 bridgehead atoms. The van der Waals surface area contributed by atoms with Gasteiger partial charge in [0.1, 0.15) is 0 Å². The number of thiazole rings is 1. The fourth-order valence-corrected chi connectivity index (χ4v) is 1.84. The molecule has 5 heteroatoms. The molecule has 3 nitrogen and oxygen atoms in total. The molecule has 0 atom stereocenters. The van der Waals surface area contributed by atoms with Crippen LogP contribution in [0.3, 0.4) is 0 Å². The van der Waals surface area contributed by atoms with Crippen molar-refractivity contribution in [2.24, 2.45) is 0 Å². The Morgan fingerprint density at radius 3 is 3.18 bits per heavy atom. The fourth-order valence-electron chi connectivity index (χ4n) is 0.808.